The van der Waals surface area contributed by atoms with Crippen LogP contribution >= 0.6 is 0 Å². The molecule has 0 bridgehead atoms. The molecule has 0 unspecified atom stereocenters. The number of para-hydroxylation sites is 1. The molecule has 7 nitrogen and oxygen atoms in total. The molecule has 1 aromatic carbocycles. The molecule has 142 valence electrons. The summed E-state index contributed by atoms with van der Waals surface area (Å²) in [5.41, 5.74) is 2.80. The van der Waals surface area contributed by atoms with Crippen molar-refractivity contribution in [2.45, 2.75) is 33.7 Å². The summed E-state index contributed by atoms with van der Waals surface area (Å²) in [5.74, 6) is 0.574. The molecular formula is C20H25N5O2. The van der Waals surface area contributed by atoms with E-state index in [0.717, 1.165) is 24.3 Å². The second-order valence-corrected chi connectivity index (χ2v) is 6.71. The Morgan fingerprint density at radius 3 is 2.63 bits per heavy atom. The number of anilines is 1. The van der Waals surface area contributed by atoms with E-state index in [9.17, 15) is 4.79 Å². The number of aromatic nitrogens is 4. The number of carbonyl (C=O) groups is 1. The van der Waals surface area contributed by atoms with E-state index in [4.69, 9.17) is 4.74 Å². The van der Waals surface area contributed by atoms with Gasteiger partial charge in [-0.2, -0.15) is 10.2 Å². The van der Waals surface area contributed by atoms with Gasteiger partial charge < -0.3 is 10.1 Å². The fourth-order valence-electron chi connectivity index (χ4n) is 2.95. The van der Waals surface area contributed by atoms with Gasteiger partial charge in [0, 0.05) is 6.54 Å². The van der Waals surface area contributed by atoms with Crippen LogP contribution in [0.2, 0.25) is 0 Å². The van der Waals surface area contributed by atoms with Gasteiger partial charge in [-0.1, -0.05) is 39.0 Å². The summed E-state index contributed by atoms with van der Waals surface area (Å²) in [7, 11) is 1.53. The highest BCUT2D eigenvalue weighted by Gasteiger charge is 2.21. The Morgan fingerprint density at radius 1 is 1.26 bits per heavy atom. The minimum absolute atomic E-state index is 0.236. The minimum atomic E-state index is -0.319. The van der Waals surface area contributed by atoms with E-state index >= 15 is 0 Å². The lowest BCUT2D eigenvalue weighted by Gasteiger charge is -2.10. The fourth-order valence-corrected chi connectivity index (χ4v) is 2.95. The van der Waals surface area contributed by atoms with Crippen molar-refractivity contribution >= 4 is 11.6 Å². The van der Waals surface area contributed by atoms with Crippen molar-refractivity contribution in [3.8, 4) is 11.4 Å². The minimum Gasteiger partial charge on any atom is -0.493 e. The highest BCUT2D eigenvalue weighted by molar-refractivity contribution is 6.05. The van der Waals surface area contributed by atoms with Crippen LogP contribution in [0.1, 0.15) is 37.0 Å². The fraction of sp³-hybridized carbons (Fsp3) is 0.350. The lowest BCUT2D eigenvalue weighted by atomic mass is 10.2. The molecule has 0 aliphatic carbocycles. The monoisotopic (exact) mass is 367 g/mol. The maximum absolute atomic E-state index is 12.8. The molecule has 0 aliphatic heterocycles. The molecule has 0 atom stereocenters. The zero-order valence-corrected chi connectivity index (χ0v) is 16.1. The van der Waals surface area contributed by atoms with E-state index in [-0.39, 0.29) is 11.6 Å². The molecule has 3 rings (SSSR count). The van der Waals surface area contributed by atoms with Gasteiger partial charge in [-0.05, 0) is 24.5 Å². The third-order valence-electron chi connectivity index (χ3n) is 4.21. The van der Waals surface area contributed by atoms with Gasteiger partial charge in [0.05, 0.1) is 36.6 Å². The van der Waals surface area contributed by atoms with E-state index in [1.165, 1.54) is 7.11 Å². The number of methoxy groups -OCH3 is 1. The van der Waals surface area contributed by atoms with Gasteiger partial charge in [0.15, 0.2) is 11.4 Å². The molecule has 2 heterocycles. The van der Waals surface area contributed by atoms with E-state index in [1.807, 2.05) is 41.9 Å². The number of amides is 1. The molecule has 3 aromatic rings. The zero-order chi connectivity index (χ0) is 19.4. The van der Waals surface area contributed by atoms with Crippen LogP contribution in [0.5, 0.6) is 5.75 Å². The third kappa shape index (κ3) is 4.02. The van der Waals surface area contributed by atoms with E-state index in [0.29, 0.717) is 17.4 Å². The predicted octanol–water partition coefficient (Wildman–Crippen LogP) is 3.55. The molecule has 0 saturated carbocycles. The van der Waals surface area contributed by atoms with E-state index in [1.54, 1.807) is 17.1 Å². The van der Waals surface area contributed by atoms with Gasteiger partial charge in [-0.3, -0.25) is 9.48 Å². The second-order valence-electron chi connectivity index (χ2n) is 6.71. The summed E-state index contributed by atoms with van der Waals surface area (Å²) in [5, 5.41) is 11.8. The molecule has 0 fully saturated rings. The van der Waals surface area contributed by atoms with Crippen molar-refractivity contribution in [2.24, 2.45) is 5.92 Å². The van der Waals surface area contributed by atoms with Crippen LogP contribution in [-0.2, 0) is 13.0 Å². The molecule has 0 radical (unpaired) electrons. The van der Waals surface area contributed by atoms with Crippen LogP contribution in [0.25, 0.3) is 5.69 Å². The molecule has 27 heavy (non-hydrogen) atoms. The average Bonchev–Trinajstić information content (AvgIpc) is 3.26. The standard InChI is InChI=1S/C20H25N5O2/c1-5-17-16(11-21-25(17)12-14(2)3)22-20(26)19-18(27-4)13-24(23-19)15-9-7-6-8-10-15/h6-11,13-14H,5,12H2,1-4H3,(H,22,26). The Bertz CT molecular complexity index is 912. The Kier molecular flexibility index (Phi) is 5.59. The van der Waals surface area contributed by atoms with Gasteiger partial charge >= 0.3 is 0 Å². The van der Waals surface area contributed by atoms with E-state index < -0.39 is 0 Å². The van der Waals surface area contributed by atoms with Gasteiger partial charge in [0.2, 0.25) is 0 Å². The lowest BCUT2D eigenvalue weighted by molar-refractivity contribution is 0.101. The first-order valence-corrected chi connectivity index (χ1v) is 9.08. The van der Waals surface area contributed by atoms with Crippen LogP contribution < -0.4 is 10.1 Å². The molecule has 1 amide bonds. The highest BCUT2D eigenvalue weighted by Crippen LogP contribution is 2.23. The van der Waals surface area contributed by atoms with Crippen molar-refractivity contribution in [3.05, 3.63) is 54.1 Å². The third-order valence-corrected chi connectivity index (χ3v) is 4.21. The largest absolute Gasteiger partial charge is 0.493 e. The summed E-state index contributed by atoms with van der Waals surface area (Å²) in [6, 6.07) is 9.59. The molecule has 0 saturated heterocycles. The van der Waals surface area contributed by atoms with Crippen molar-refractivity contribution in [1.29, 1.82) is 0 Å². The number of hydrogen-bond donors (Lipinski definition) is 1. The second kappa shape index (κ2) is 8.07. The molecule has 7 heteroatoms. The number of hydrogen-bond acceptors (Lipinski definition) is 4. The first kappa shape index (κ1) is 18.7. The van der Waals surface area contributed by atoms with Crippen molar-refractivity contribution < 1.29 is 9.53 Å². The van der Waals surface area contributed by atoms with Crippen LogP contribution in [0, 0.1) is 5.92 Å². The first-order valence-electron chi connectivity index (χ1n) is 9.08. The Hall–Kier alpha value is -3.09. The Balaban J connectivity index is 1.87. The highest BCUT2D eigenvalue weighted by atomic mass is 16.5. The van der Waals surface area contributed by atoms with Crippen LogP contribution in [-0.4, -0.2) is 32.6 Å². The Labute approximate surface area is 159 Å². The summed E-state index contributed by atoms with van der Waals surface area (Å²) in [6.07, 6.45) is 4.17. The maximum Gasteiger partial charge on any atom is 0.280 e. The predicted molar refractivity (Wildman–Crippen MR) is 105 cm³/mol. The Morgan fingerprint density at radius 2 is 2.00 bits per heavy atom. The topological polar surface area (TPSA) is 74.0 Å². The van der Waals surface area contributed by atoms with Gasteiger partial charge in [-0.25, -0.2) is 4.68 Å². The van der Waals surface area contributed by atoms with Crippen LogP contribution in [0.3, 0.4) is 0 Å². The molecule has 2 aromatic heterocycles. The smallest absolute Gasteiger partial charge is 0.280 e. The zero-order valence-electron chi connectivity index (χ0n) is 16.1. The normalized spacial score (nSPS) is 11.0. The molecule has 1 N–H and O–H groups in total. The SMILES string of the molecule is CCc1c(NC(=O)c2nn(-c3ccccc3)cc2OC)cnn1CC(C)C. The summed E-state index contributed by atoms with van der Waals surface area (Å²) < 4.78 is 8.94. The summed E-state index contributed by atoms with van der Waals surface area (Å²) >= 11 is 0. The lowest BCUT2D eigenvalue weighted by Crippen LogP contribution is -2.16. The maximum atomic E-state index is 12.8. The molecule has 0 aliphatic rings. The quantitative estimate of drug-likeness (QED) is 0.693. The van der Waals surface area contributed by atoms with Crippen LogP contribution in [0.15, 0.2) is 42.7 Å². The number of carbonyl (C=O) groups excluding carboxylic acids is 1. The molecular weight excluding hydrogens is 342 g/mol. The van der Waals surface area contributed by atoms with Gasteiger partial charge in [0.25, 0.3) is 5.91 Å². The number of rotatable bonds is 7. The van der Waals surface area contributed by atoms with E-state index in [2.05, 4.69) is 29.4 Å². The number of nitrogens with zero attached hydrogens (tertiary/aromatic N) is 4. The number of nitrogens with one attached hydrogen (secondary N) is 1. The van der Waals surface area contributed by atoms with Crippen molar-refractivity contribution in [2.75, 3.05) is 12.4 Å². The van der Waals surface area contributed by atoms with Crippen molar-refractivity contribution in [1.82, 2.24) is 19.6 Å². The average molecular weight is 367 g/mol. The number of ether oxygens (including phenoxy) is 1. The summed E-state index contributed by atoms with van der Waals surface area (Å²) in [6.45, 7) is 7.14. The molecule has 0 spiro atoms. The number of benzene rings is 1. The van der Waals surface area contributed by atoms with Gasteiger partial charge in [-0.15, -0.1) is 0 Å². The summed E-state index contributed by atoms with van der Waals surface area (Å²) in [4.78, 5) is 12.8. The van der Waals surface area contributed by atoms with Crippen molar-refractivity contribution in [3.63, 3.8) is 0 Å². The van der Waals surface area contributed by atoms with Crippen LogP contribution in [0.4, 0.5) is 5.69 Å². The van der Waals surface area contributed by atoms with Gasteiger partial charge in [0.1, 0.15) is 0 Å². The first-order chi connectivity index (χ1) is 13.0.